The first kappa shape index (κ1) is 18.3. The highest BCUT2D eigenvalue weighted by Crippen LogP contribution is 2.33. The molecule has 3 aromatic rings. The third kappa shape index (κ3) is 3.96. The molecule has 2 heterocycles. The number of carbonyl (C=O) groups excluding carboxylic acids is 1. The molecule has 1 aliphatic rings. The zero-order chi connectivity index (χ0) is 19.3. The molecule has 0 saturated carbocycles. The van der Waals surface area contributed by atoms with Crippen molar-refractivity contribution in [1.82, 2.24) is 4.98 Å². The fourth-order valence-corrected chi connectivity index (χ4v) is 4.08. The molecule has 138 valence electrons. The highest BCUT2D eigenvalue weighted by Gasteiger charge is 2.16. The number of ketones is 1. The Morgan fingerprint density at radius 1 is 1.07 bits per heavy atom. The first-order valence-corrected chi connectivity index (χ1v) is 9.74. The normalized spacial score (nSPS) is 12.8. The Morgan fingerprint density at radius 2 is 1.93 bits per heavy atom. The molecule has 0 fully saturated rings. The summed E-state index contributed by atoms with van der Waals surface area (Å²) < 4.78 is 0. The first-order chi connectivity index (χ1) is 13.7. The predicted octanol–water partition coefficient (Wildman–Crippen LogP) is 4.42. The van der Waals surface area contributed by atoms with Crippen LogP contribution >= 0.6 is 11.8 Å². The minimum Gasteiger partial charge on any atom is -0.388 e. The predicted molar refractivity (Wildman–Crippen MR) is 112 cm³/mol. The molecule has 0 radical (unpaired) electrons. The monoisotopic (exact) mass is 386 g/mol. The van der Waals surface area contributed by atoms with Crippen LogP contribution in [0.4, 0.5) is 0 Å². The lowest BCUT2D eigenvalue weighted by molar-refractivity contribution is 0.0901. The fraction of sp³-hybridized carbons (Fsp3) is 0.0870. The van der Waals surface area contributed by atoms with Crippen molar-refractivity contribution in [3.8, 4) is 0 Å². The molecule has 0 spiro atoms. The summed E-state index contributed by atoms with van der Waals surface area (Å²) in [4.78, 5) is 22.8. The van der Waals surface area contributed by atoms with Crippen LogP contribution in [0.15, 0.2) is 87.7 Å². The zero-order valence-electron chi connectivity index (χ0n) is 15.1. The lowest BCUT2D eigenvalue weighted by Gasteiger charge is -2.09. The topological polar surface area (TPSA) is 62.5 Å². The maximum absolute atomic E-state index is 11.9. The summed E-state index contributed by atoms with van der Waals surface area (Å²) in [5.74, 6) is -0.269. The van der Waals surface area contributed by atoms with Crippen molar-refractivity contribution >= 4 is 29.3 Å². The Labute approximate surface area is 167 Å². The number of rotatable bonds is 6. The first-order valence-electron chi connectivity index (χ1n) is 8.92. The molecule has 0 bridgehead atoms. The third-order valence-corrected chi connectivity index (χ3v) is 5.50. The summed E-state index contributed by atoms with van der Waals surface area (Å²) in [5, 5.41) is 9.18. The lowest BCUT2D eigenvalue weighted by Crippen LogP contribution is -2.05. The van der Waals surface area contributed by atoms with Gasteiger partial charge in [0.2, 0.25) is 0 Å². The van der Waals surface area contributed by atoms with Gasteiger partial charge >= 0.3 is 0 Å². The zero-order valence-corrected chi connectivity index (χ0v) is 15.9. The highest BCUT2D eigenvalue weighted by molar-refractivity contribution is 7.99. The van der Waals surface area contributed by atoms with Crippen LogP contribution in [0, 0.1) is 0 Å². The SMILES string of the molecule is O=C(CO)c1ccccc1Sc1ccc2c(c1)CN=C2/C=C/c1ccccn1. The second-order valence-electron chi connectivity index (χ2n) is 6.29. The number of hydrogen-bond acceptors (Lipinski definition) is 5. The van der Waals surface area contributed by atoms with E-state index in [4.69, 9.17) is 0 Å². The molecule has 0 atom stereocenters. The quantitative estimate of drug-likeness (QED) is 0.637. The van der Waals surface area contributed by atoms with Gasteiger partial charge in [-0.15, -0.1) is 0 Å². The van der Waals surface area contributed by atoms with E-state index in [1.165, 1.54) is 11.8 Å². The molecule has 4 nitrogen and oxygen atoms in total. The van der Waals surface area contributed by atoms with E-state index in [9.17, 15) is 9.90 Å². The fourth-order valence-electron chi connectivity index (χ4n) is 3.05. The number of Topliss-reactive ketones (excluding diaryl/α,β-unsaturated/α-hetero) is 1. The maximum Gasteiger partial charge on any atom is 0.189 e. The number of benzene rings is 2. The van der Waals surface area contributed by atoms with Crippen LogP contribution in [0.25, 0.3) is 6.08 Å². The number of aliphatic hydroxyl groups is 1. The molecule has 0 amide bonds. The van der Waals surface area contributed by atoms with Crippen LogP contribution in [0.1, 0.15) is 27.2 Å². The standard InChI is InChI=1S/C23H18N2O2S/c26-15-22(27)20-6-1-2-7-23(20)28-18-9-10-19-16(13-18)14-25-21(19)11-8-17-5-3-4-12-24-17/h1-13,26H,14-15H2/b11-8+. The van der Waals surface area contributed by atoms with Gasteiger partial charge in [0.05, 0.1) is 18.0 Å². The van der Waals surface area contributed by atoms with Gasteiger partial charge in [0, 0.05) is 27.1 Å². The van der Waals surface area contributed by atoms with Crippen molar-refractivity contribution in [3.63, 3.8) is 0 Å². The van der Waals surface area contributed by atoms with E-state index in [1.54, 1.807) is 12.3 Å². The average molecular weight is 386 g/mol. The minimum absolute atomic E-state index is 0.269. The number of nitrogens with zero attached hydrogens (tertiary/aromatic N) is 2. The van der Waals surface area contributed by atoms with Crippen molar-refractivity contribution in [2.24, 2.45) is 4.99 Å². The van der Waals surface area contributed by atoms with Gasteiger partial charge in [0.15, 0.2) is 5.78 Å². The van der Waals surface area contributed by atoms with Crippen LogP contribution in [0.2, 0.25) is 0 Å². The largest absolute Gasteiger partial charge is 0.388 e. The van der Waals surface area contributed by atoms with Gasteiger partial charge in [-0.1, -0.05) is 42.1 Å². The average Bonchev–Trinajstić information content (AvgIpc) is 3.15. The second-order valence-corrected chi connectivity index (χ2v) is 7.40. The number of aliphatic imine (C=N–C) groups is 1. The van der Waals surface area contributed by atoms with Crippen LogP contribution in [-0.4, -0.2) is 28.2 Å². The molecular weight excluding hydrogens is 368 g/mol. The number of pyridine rings is 1. The van der Waals surface area contributed by atoms with E-state index in [1.807, 2.05) is 54.6 Å². The van der Waals surface area contributed by atoms with Gasteiger partial charge in [0.25, 0.3) is 0 Å². The van der Waals surface area contributed by atoms with Gasteiger partial charge in [-0.25, -0.2) is 0 Å². The van der Waals surface area contributed by atoms with E-state index in [0.717, 1.165) is 32.3 Å². The number of hydrogen-bond donors (Lipinski definition) is 1. The van der Waals surface area contributed by atoms with Crippen molar-refractivity contribution in [3.05, 3.63) is 95.3 Å². The summed E-state index contributed by atoms with van der Waals surface area (Å²) >= 11 is 1.52. The van der Waals surface area contributed by atoms with Gasteiger partial charge in [0.1, 0.15) is 6.61 Å². The Hall–Kier alpha value is -3.02. The van der Waals surface area contributed by atoms with Crippen LogP contribution in [0.3, 0.4) is 0 Å². The summed E-state index contributed by atoms with van der Waals surface area (Å²) in [6.45, 7) is 0.157. The molecule has 0 unspecified atom stereocenters. The van der Waals surface area contributed by atoms with Crippen molar-refractivity contribution < 1.29 is 9.90 Å². The molecule has 1 N–H and O–H groups in total. The van der Waals surface area contributed by atoms with E-state index in [0.29, 0.717) is 12.1 Å². The molecule has 4 rings (SSSR count). The van der Waals surface area contributed by atoms with E-state index in [2.05, 4.69) is 22.1 Å². The summed E-state index contributed by atoms with van der Waals surface area (Å²) in [6, 6.07) is 19.4. The van der Waals surface area contributed by atoms with Gasteiger partial charge < -0.3 is 5.11 Å². The van der Waals surface area contributed by atoms with Gasteiger partial charge in [-0.05, 0) is 48.0 Å². The van der Waals surface area contributed by atoms with Crippen molar-refractivity contribution in [1.29, 1.82) is 0 Å². The number of aliphatic hydroxyl groups excluding tert-OH is 1. The Bertz CT molecular complexity index is 1070. The maximum atomic E-state index is 11.9. The Kier molecular flexibility index (Phi) is 5.46. The molecule has 0 aliphatic carbocycles. The van der Waals surface area contributed by atoms with Crippen LogP contribution in [-0.2, 0) is 6.54 Å². The minimum atomic E-state index is -0.485. The number of aromatic nitrogens is 1. The van der Waals surface area contributed by atoms with Gasteiger partial charge in [-0.2, -0.15) is 0 Å². The summed E-state index contributed by atoms with van der Waals surface area (Å²) in [6.07, 6.45) is 5.73. The number of allylic oxidation sites excluding steroid dienone is 1. The lowest BCUT2D eigenvalue weighted by atomic mass is 10.1. The highest BCUT2D eigenvalue weighted by atomic mass is 32.2. The molecule has 1 aromatic heterocycles. The summed E-state index contributed by atoms with van der Waals surface area (Å²) in [5.41, 5.74) is 4.68. The van der Waals surface area contributed by atoms with E-state index >= 15 is 0 Å². The van der Waals surface area contributed by atoms with E-state index in [-0.39, 0.29) is 5.78 Å². The molecule has 2 aromatic carbocycles. The molecule has 0 saturated heterocycles. The van der Waals surface area contributed by atoms with Crippen molar-refractivity contribution in [2.75, 3.05) is 6.61 Å². The summed E-state index contributed by atoms with van der Waals surface area (Å²) in [7, 11) is 0. The Balaban J connectivity index is 1.54. The molecule has 28 heavy (non-hydrogen) atoms. The van der Waals surface area contributed by atoms with Gasteiger partial charge in [-0.3, -0.25) is 14.8 Å². The van der Waals surface area contributed by atoms with E-state index < -0.39 is 6.61 Å². The molecular formula is C23H18N2O2S. The van der Waals surface area contributed by atoms with Crippen molar-refractivity contribution in [2.45, 2.75) is 16.3 Å². The molecule has 5 heteroatoms. The van der Waals surface area contributed by atoms with Crippen LogP contribution in [0.5, 0.6) is 0 Å². The Morgan fingerprint density at radius 3 is 2.75 bits per heavy atom. The van der Waals surface area contributed by atoms with Crippen LogP contribution < -0.4 is 0 Å². The third-order valence-electron chi connectivity index (χ3n) is 4.43. The smallest absolute Gasteiger partial charge is 0.189 e. The second kappa shape index (κ2) is 8.33. The molecule has 1 aliphatic heterocycles. The number of carbonyl (C=O) groups is 1. The number of fused-ring (bicyclic) bond motifs is 1.